The zero-order valence-corrected chi connectivity index (χ0v) is 14.7. The molecule has 0 amide bonds. The molecule has 0 aliphatic rings. The molecule has 0 radical (unpaired) electrons. The summed E-state index contributed by atoms with van der Waals surface area (Å²) < 4.78 is 6.71. The molecular weight excluding hydrogens is 385 g/mol. The molecular formula is C19H16INO. The lowest BCUT2D eigenvalue weighted by atomic mass is 10.0. The van der Waals surface area contributed by atoms with E-state index in [0.717, 1.165) is 22.4 Å². The largest absolute Gasteiger partial charge is 0.496 e. The summed E-state index contributed by atoms with van der Waals surface area (Å²) in [6, 6.07) is 18.5. The molecule has 0 saturated carbocycles. The number of benzene rings is 3. The van der Waals surface area contributed by atoms with Gasteiger partial charge in [0.05, 0.1) is 12.8 Å². The summed E-state index contributed by atoms with van der Waals surface area (Å²) in [6.45, 7) is 2.10. The van der Waals surface area contributed by atoms with E-state index in [9.17, 15) is 0 Å². The molecule has 0 unspecified atom stereocenters. The molecule has 0 aliphatic carbocycles. The van der Waals surface area contributed by atoms with Crippen molar-refractivity contribution in [1.82, 2.24) is 0 Å². The quantitative estimate of drug-likeness (QED) is 0.419. The van der Waals surface area contributed by atoms with Gasteiger partial charge in [0.25, 0.3) is 0 Å². The van der Waals surface area contributed by atoms with Crippen LogP contribution in [0.5, 0.6) is 5.75 Å². The van der Waals surface area contributed by atoms with Crippen LogP contribution in [-0.4, -0.2) is 13.3 Å². The summed E-state index contributed by atoms with van der Waals surface area (Å²) in [4.78, 5) is 4.63. The Hall–Kier alpha value is -1.88. The Labute approximate surface area is 144 Å². The first-order valence-electron chi connectivity index (χ1n) is 7.05. The second-order valence-corrected chi connectivity index (χ2v) is 6.26. The zero-order chi connectivity index (χ0) is 15.5. The van der Waals surface area contributed by atoms with Crippen molar-refractivity contribution in [2.45, 2.75) is 6.92 Å². The smallest absolute Gasteiger partial charge is 0.128 e. The van der Waals surface area contributed by atoms with Gasteiger partial charge in [0, 0.05) is 15.3 Å². The van der Waals surface area contributed by atoms with Crippen molar-refractivity contribution in [1.29, 1.82) is 0 Å². The van der Waals surface area contributed by atoms with Crippen LogP contribution in [0.2, 0.25) is 0 Å². The molecule has 0 N–H and O–H groups in total. The standard InChI is InChI=1S/C19H16INO/c1-13-7-9-15(11-18(13)20)21-12-17-16-6-4-3-5-14(16)8-10-19(17)22-2/h3-12H,1-2H3. The summed E-state index contributed by atoms with van der Waals surface area (Å²) in [5.74, 6) is 0.837. The van der Waals surface area contributed by atoms with E-state index in [1.165, 1.54) is 14.5 Å². The van der Waals surface area contributed by atoms with Crippen molar-refractivity contribution < 1.29 is 4.74 Å². The minimum atomic E-state index is 0.837. The molecule has 0 heterocycles. The maximum absolute atomic E-state index is 5.49. The predicted octanol–water partition coefficient (Wildman–Crippen LogP) is 5.51. The van der Waals surface area contributed by atoms with Gasteiger partial charge in [0.15, 0.2) is 0 Å². The summed E-state index contributed by atoms with van der Waals surface area (Å²) >= 11 is 2.33. The van der Waals surface area contributed by atoms with Crippen LogP contribution in [0.15, 0.2) is 59.6 Å². The third-order valence-electron chi connectivity index (χ3n) is 3.65. The topological polar surface area (TPSA) is 21.6 Å². The van der Waals surface area contributed by atoms with Crippen LogP contribution >= 0.6 is 22.6 Å². The number of methoxy groups -OCH3 is 1. The first kappa shape index (κ1) is 15.0. The summed E-state index contributed by atoms with van der Waals surface area (Å²) in [7, 11) is 1.69. The summed E-state index contributed by atoms with van der Waals surface area (Å²) in [6.07, 6.45) is 1.89. The van der Waals surface area contributed by atoms with E-state index in [-0.39, 0.29) is 0 Å². The number of rotatable bonds is 3. The third-order valence-corrected chi connectivity index (χ3v) is 4.81. The van der Waals surface area contributed by atoms with Crippen LogP contribution in [0, 0.1) is 10.5 Å². The van der Waals surface area contributed by atoms with Gasteiger partial charge in [-0.3, -0.25) is 4.99 Å². The molecule has 22 heavy (non-hydrogen) atoms. The number of aliphatic imine (C=N–C) groups is 1. The van der Waals surface area contributed by atoms with Crippen molar-refractivity contribution in [3.63, 3.8) is 0 Å². The molecule has 110 valence electrons. The van der Waals surface area contributed by atoms with Crippen LogP contribution in [0.3, 0.4) is 0 Å². The number of nitrogens with zero attached hydrogens (tertiary/aromatic N) is 1. The van der Waals surface area contributed by atoms with E-state index < -0.39 is 0 Å². The van der Waals surface area contributed by atoms with E-state index >= 15 is 0 Å². The maximum atomic E-state index is 5.49. The van der Waals surface area contributed by atoms with Gasteiger partial charge < -0.3 is 4.74 Å². The summed E-state index contributed by atoms with van der Waals surface area (Å²) in [5, 5.41) is 2.33. The van der Waals surface area contributed by atoms with E-state index in [1.807, 2.05) is 30.5 Å². The Balaban J connectivity index is 2.08. The van der Waals surface area contributed by atoms with Crippen LogP contribution < -0.4 is 4.74 Å². The molecule has 3 rings (SSSR count). The molecule has 0 aromatic heterocycles. The van der Waals surface area contributed by atoms with Crippen LogP contribution in [0.4, 0.5) is 5.69 Å². The van der Waals surface area contributed by atoms with Crippen LogP contribution in [0.1, 0.15) is 11.1 Å². The fraction of sp³-hybridized carbons (Fsp3) is 0.105. The fourth-order valence-electron chi connectivity index (χ4n) is 2.39. The maximum Gasteiger partial charge on any atom is 0.128 e. The second-order valence-electron chi connectivity index (χ2n) is 5.09. The Morgan fingerprint density at radius 2 is 1.86 bits per heavy atom. The van der Waals surface area contributed by atoms with Gasteiger partial charge in [-0.2, -0.15) is 0 Å². The van der Waals surface area contributed by atoms with Crippen molar-refractivity contribution in [3.05, 3.63) is 69.3 Å². The fourth-order valence-corrected chi connectivity index (χ4v) is 2.89. The van der Waals surface area contributed by atoms with Crippen molar-refractivity contribution in [2.75, 3.05) is 7.11 Å². The lowest BCUT2D eigenvalue weighted by Crippen LogP contribution is -1.92. The molecule has 0 fully saturated rings. The van der Waals surface area contributed by atoms with Gasteiger partial charge in [-0.25, -0.2) is 0 Å². The Bertz CT molecular complexity index is 855. The van der Waals surface area contributed by atoms with E-state index in [0.29, 0.717) is 0 Å². The lowest BCUT2D eigenvalue weighted by molar-refractivity contribution is 0.415. The SMILES string of the molecule is COc1ccc2ccccc2c1C=Nc1ccc(C)c(I)c1. The monoisotopic (exact) mass is 401 g/mol. The first-order valence-corrected chi connectivity index (χ1v) is 8.13. The van der Waals surface area contributed by atoms with Gasteiger partial charge in [-0.1, -0.05) is 36.4 Å². The minimum absolute atomic E-state index is 0.837. The van der Waals surface area contributed by atoms with E-state index in [2.05, 4.69) is 64.8 Å². The Kier molecular flexibility index (Phi) is 4.43. The third kappa shape index (κ3) is 2.99. The molecule has 0 atom stereocenters. The molecule has 3 aromatic carbocycles. The molecule has 0 saturated heterocycles. The number of aryl methyl sites for hydroxylation is 1. The van der Waals surface area contributed by atoms with Gasteiger partial charge in [-0.05, 0) is 64.0 Å². The Morgan fingerprint density at radius 1 is 1.05 bits per heavy atom. The van der Waals surface area contributed by atoms with E-state index in [1.54, 1.807) is 7.11 Å². The van der Waals surface area contributed by atoms with Gasteiger partial charge in [-0.15, -0.1) is 0 Å². The lowest BCUT2D eigenvalue weighted by Gasteiger charge is -2.08. The zero-order valence-electron chi connectivity index (χ0n) is 12.5. The average Bonchev–Trinajstić information content (AvgIpc) is 2.55. The van der Waals surface area contributed by atoms with Crippen LogP contribution in [-0.2, 0) is 0 Å². The highest BCUT2D eigenvalue weighted by Gasteiger charge is 2.06. The normalized spacial score (nSPS) is 11.2. The molecule has 0 bridgehead atoms. The molecule has 3 heteroatoms. The number of hydrogen-bond donors (Lipinski definition) is 0. The molecule has 2 nitrogen and oxygen atoms in total. The minimum Gasteiger partial charge on any atom is -0.496 e. The first-order chi connectivity index (χ1) is 10.7. The van der Waals surface area contributed by atoms with Crippen molar-refractivity contribution in [2.24, 2.45) is 4.99 Å². The van der Waals surface area contributed by atoms with Crippen molar-refractivity contribution >= 4 is 45.3 Å². The molecule has 3 aromatic rings. The Morgan fingerprint density at radius 3 is 2.64 bits per heavy atom. The number of ether oxygens (including phenoxy) is 1. The molecule has 0 spiro atoms. The predicted molar refractivity (Wildman–Crippen MR) is 102 cm³/mol. The van der Waals surface area contributed by atoms with Gasteiger partial charge >= 0.3 is 0 Å². The van der Waals surface area contributed by atoms with Crippen molar-refractivity contribution in [3.8, 4) is 5.75 Å². The van der Waals surface area contributed by atoms with Crippen LogP contribution in [0.25, 0.3) is 10.8 Å². The second kappa shape index (κ2) is 6.48. The summed E-state index contributed by atoms with van der Waals surface area (Å²) in [5.41, 5.74) is 3.23. The molecule has 0 aliphatic heterocycles. The highest BCUT2D eigenvalue weighted by Crippen LogP contribution is 2.27. The number of halogens is 1. The van der Waals surface area contributed by atoms with Gasteiger partial charge in [0.2, 0.25) is 0 Å². The average molecular weight is 401 g/mol. The number of fused-ring (bicyclic) bond motifs is 1. The highest BCUT2D eigenvalue weighted by atomic mass is 127. The van der Waals surface area contributed by atoms with E-state index in [4.69, 9.17) is 4.74 Å². The van der Waals surface area contributed by atoms with Gasteiger partial charge in [0.1, 0.15) is 5.75 Å². The number of hydrogen-bond acceptors (Lipinski definition) is 2. The highest BCUT2D eigenvalue weighted by molar-refractivity contribution is 14.1.